The van der Waals surface area contributed by atoms with Gasteiger partial charge in [-0.05, 0) is 22.0 Å². The summed E-state index contributed by atoms with van der Waals surface area (Å²) in [6, 6.07) is 2.07. The first-order valence-electron chi connectivity index (χ1n) is 4.86. The van der Waals surface area contributed by atoms with Gasteiger partial charge < -0.3 is 10.6 Å². The van der Waals surface area contributed by atoms with Gasteiger partial charge in [-0.2, -0.15) is 0 Å². The number of thiophene rings is 1. The third-order valence-corrected chi connectivity index (χ3v) is 3.54. The van der Waals surface area contributed by atoms with Gasteiger partial charge in [-0.1, -0.05) is 5.92 Å². The summed E-state index contributed by atoms with van der Waals surface area (Å²) in [5.41, 5.74) is 0. The predicted molar refractivity (Wildman–Crippen MR) is 77.4 cm³/mol. The minimum absolute atomic E-state index is 0. The van der Waals surface area contributed by atoms with Crippen LogP contribution in [0.5, 0.6) is 0 Å². The molecule has 0 aliphatic heterocycles. The highest BCUT2D eigenvalue weighted by Crippen LogP contribution is 2.19. The fourth-order valence-electron chi connectivity index (χ4n) is 1.10. The topological polar surface area (TPSA) is 41.1 Å². The minimum Gasteiger partial charge on any atom is -0.345 e. The van der Waals surface area contributed by atoms with E-state index in [2.05, 4.69) is 38.6 Å². The second kappa shape index (κ2) is 9.49. The van der Waals surface area contributed by atoms with Gasteiger partial charge >= 0.3 is 0 Å². The summed E-state index contributed by atoms with van der Waals surface area (Å²) in [4.78, 5) is 12.4. The van der Waals surface area contributed by atoms with Crippen LogP contribution in [-0.2, 0) is 11.3 Å². The number of hydrogen-bond donors (Lipinski definition) is 2. The van der Waals surface area contributed by atoms with Crippen LogP contribution < -0.4 is 10.6 Å². The molecule has 0 spiro atoms. The lowest BCUT2D eigenvalue weighted by Gasteiger charge is -2.03. The summed E-state index contributed by atoms with van der Waals surface area (Å²) in [5.74, 6) is 2.35. The van der Waals surface area contributed by atoms with Crippen LogP contribution in [0, 0.1) is 12.3 Å². The van der Waals surface area contributed by atoms with E-state index < -0.39 is 0 Å². The number of rotatable bonds is 6. The molecule has 1 amide bonds. The Balaban J connectivity index is 0.00000256. The van der Waals surface area contributed by atoms with Gasteiger partial charge in [0.2, 0.25) is 5.91 Å². The average Bonchev–Trinajstić information content (AvgIpc) is 2.67. The zero-order valence-corrected chi connectivity index (χ0v) is 12.4. The molecular formula is C11H14BrClN2OS. The van der Waals surface area contributed by atoms with Crippen molar-refractivity contribution >= 4 is 45.6 Å². The predicted octanol–water partition coefficient (Wildman–Crippen LogP) is 2.16. The molecule has 94 valence electrons. The Morgan fingerprint density at radius 1 is 1.59 bits per heavy atom. The lowest BCUT2D eigenvalue weighted by Crippen LogP contribution is -2.27. The second-order valence-electron chi connectivity index (χ2n) is 3.14. The summed E-state index contributed by atoms with van der Waals surface area (Å²) in [6.07, 6.45) is 5.48. The van der Waals surface area contributed by atoms with Gasteiger partial charge in [0.05, 0.1) is 6.54 Å². The molecule has 17 heavy (non-hydrogen) atoms. The Hall–Kier alpha value is -0.540. The van der Waals surface area contributed by atoms with Crippen LogP contribution in [0.3, 0.4) is 0 Å². The molecule has 6 heteroatoms. The van der Waals surface area contributed by atoms with Crippen molar-refractivity contribution in [2.24, 2.45) is 0 Å². The molecule has 0 fully saturated rings. The number of amides is 1. The first-order valence-corrected chi connectivity index (χ1v) is 6.53. The first kappa shape index (κ1) is 16.5. The van der Waals surface area contributed by atoms with Gasteiger partial charge in [0.25, 0.3) is 0 Å². The van der Waals surface area contributed by atoms with Gasteiger partial charge in [0.1, 0.15) is 0 Å². The molecule has 0 saturated heterocycles. The molecule has 0 saturated carbocycles. The quantitative estimate of drug-likeness (QED) is 0.617. The maximum atomic E-state index is 11.2. The van der Waals surface area contributed by atoms with Crippen molar-refractivity contribution in [2.75, 3.05) is 13.1 Å². The monoisotopic (exact) mass is 336 g/mol. The fraction of sp³-hybridized carbons (Fsp3) is 0.364. The highest BCUT2D eigenvalue weighted by molar-refractivity contribution is 9.10. The molecule has 3 nitrogen and oxygen atoms in total. The minimum atomic E-state index is -0.0159. The van der Waals surface area contributed by atoms with Crippen molar-refractivity contribution in [3.63, 3.8) is 0 Å². The van der Waals surface area contributed by atoms with E-state index in [9.17, 15) is 4.79 Å². The Morgan fingerprint density at radius 2 is 2.35 bits per heavy atom. The molecule has 1 heterocycles. The Morgan fingerprint density at radius 3 is 2.94 bits per heavy atom. The van der Waals surface area contributed by atoms with Crippen molar-refractivity contribution in [3.05, 3.63) is 20.8 Å². The molecule has 1 aromatic heterocycles. The van der Waals surface area contributed by atoms with Crippen molar-refractivity contribution in [1.82, 2.24) is 10.6 Å². The Bertz CT molecular complexity index is 389. The highest BCUT2D eigenvalue weighted by Gasteiger charge is 2.00. The summed E-state index contributed by atoms with van der Waals surface area (Å²) in [5, 5.41) is 7.85. The maximum Gasteiger partial charge on any atom is 0.222 e. The van der Waals surface area contributed by atoms with Crippen LogP contribution in [0.4, 0.5) is 0 Å². The fourth-order valence-corrected chi connectivity index (χ4v) is 2.52. The smallest absolute Gasteiger partial charge is 0.222 e. The van der Waals surface area contributed by atoms with E-state index in [0.717, 1.165) is 11.0 Å². The standard InChI is InChI=1S/C11H13BrN2OS.ClH/c1-2-4-14-11(15)3-5-13-7-10-6-9(12)8-16-10;/h1,6,8,13H,3-5,7H2,(H,14,15);1H. The van der Waals surface area contributed by atoms with Crippen LogP contribution in [-0.4, -0.2) is 19.0 Å². The van der Waals surface area contributed by atoms with Crippen LogP contribution in [0.15, 0.2) is 15.9 Å². The molecule has 0 aromatic carbocycles. The zero-order chi connectivity index (χ0) is 11.8. The lowest BCUT2D eigenvalue weighted by molar-refractivity contribution is -0.120. The zero-order valence-electron chi connectivity index (χ0n) is 9.16. The van der Waals surface area contributed by atoms with Crippen LogP contribution in [0.1, 0.15) is 11.3 Å². The summed E-state index contributed by atoms with van der Waals surface area (Å²) < 4.78 is 1.10. The van der Waals surface area contributed by atoms with E-state index in [4.69, 9.17) is 6.42 Å². The molecular weight excluding hydrogens is 324 g/mol. The van der Waals surface area contributed by atoms with Crippen molar-refractivity contribution in [3.8, 4) is 12.3 Å². The highest BCUT2D eigenvalue weighted by atomic mass is 79.9. The van der Waals surface area contributed by atoms with Crippen molar-refractivity contribution in [2.45, 2.75) is 13.0 Å². The van der Waals surface area contributed by atoms with Crippen LogP contribution >= 0.6 is 39.7 Å². The van der Waals surface area contributed by atoms with E-state index >= 15 is 0 Å². The van der Waals surface area contributed by atoms with Gasteiger partial charge in [-0.15, -0.1) is 30.2 Å². The average molecular weight is 338 g/mol. The van der Waals surface area contributed by atoms with E-state index in [1.54, 1.807) is 11.3 Å². The van der Waals surface area contributed by atoms with Gasteiger partial charge in [-0.3, -0.25) is 4.79 Å². The van der Waals surface area contributed by atoms with Gasteiger partial charge in [-0.25, -0.2) is 0 Å². The summed E-state index contributed by atoms with van der Waals surface area (Å²) in [7, 11) is 0. The molecule has 0 unspecified atom stereocenters. The van der Waals surface area contributed by atoms with E-state index in [1.807, 2.05) is 5.38 Å². The summed E-state index contributed by atoms with van der Waals surface area (Å²) >= 11 is 5.08. The van der Waals surface area contributed by atoms with E-state index in [-0.39, 0.29) is 18.3 Å². The van der Waals surface area contributed by atoms with Crippen molar-refractivity contribution in [1.29, 1.82) is 0 Å². The third kappa shape index (κ3) is 7.40. The number of hydrogen-bond acceptors (Lipinski definition) is 3. The number of carbonyl (C=O) groups is 1. The maximum absolute atomic E-state index is 11.2. The Kier molecular flexibility index (Phi) is 9.18. The van der Waals surface area contributed by atoms with Crippen LogP contribution in [0.2, 0.25) is 0 Å². The molecule has 1 rings (SSSR count). The molecule has 0 atom stereocenters. The first-order chi connectivity index (χ1) is 7.72. The summed E-state index contributed by atoms with van der Waals surface area (Å²) in [6.45, 7) is 1.75. The van der Waals surface area contributed by atoms with Gasteiger partial charge in [0.15, 0.2) is 0 Å². The molecule has 0 aliphatic carbocycles. The Labute approximate surface area is 120 Å². The molecule has 0 bridgehead atoms. The number of nitrogens with one attached hydrogen (secondary N) is 2. The number of carbonyl (C=O) groups excluding carboxylic acids is 1. The van der Waals surface area contributed by atoms with Gasteiger partial charge in [0, 0.05) is 34.2 Å². The number of terminal acetylenes is 1. The van der Waals surface area contributed by atoms with Crippen molar-refractivity contribution < 1.29 is 4.79 Å². The molecule has 0 aliphatic rings. The third-order valence-electron chi connectivity index (χ3n) is 1.84. The normalized spacial score (nSPS) is 9.18. The molecule has 0 radical (unpaired) electrons. The number of halogens is 2. The van der Waals surface area contributed by atoms with E-state index in [0.29, 0.717) is 19.5 Å². The van der Waals surface area contributed by atoms with Crippen LogP contribution in [0.25, 0.3) is 0 Å². The SMILES string of the molecule is C#CCNC(=O)CCNCc1cc(Br)cs1.Cl. The molecule has 2 N–H and O–H groups in total. The molecule has 1 aromatic rings. The largest absolute Gasteiger partial charge is 0.345 e. The second-order valence-corrected chi connectivity index (χ2v) is 5.05. The lowest BCUT2D eigenvalue weighted by atomic mass is 10.4. The van der Waals surface area contributed by atoms with E-state index in [1.165, 1.54) is 4.88 Å².